The first-order chi connectivity index (χ1) is 14.8. The largest absolute Gasteiger partial charge is 0.442 e. The minimum absolute atomic E-state index is 0.0261. The fourth-order valence-electron chi connectivity index (χ4n) is 3.85. The molecule has 2 saturated heterocycles. The zero-order chi connectivity index (χ0) is 22.1. The molecule has 0 spiro atoms. The van der Waals surface area contributed by atoms with Gasteiger partial charge in [-0.2, -0.15) is 0 Å². The van der Waals surface area contributed by atoms with E-state index in [4.69, 9.17) is 16.3 Å². The predicted molar refractivity (Wildman–Crippen MR) is 115 cm³/mol. The first-order valence-electron chi connectivity index (χ1n) is 9.89. The van der Waals surface area contributed by atoms with Crippen molar-refractivity contribution in [2.45, 2.75) is 24.9 Å². The van der Waals surface area contributed by atoms with Gasteiger partial charge in [-0.3, -0.25) is 14.5 Å². The molecule has 0 bridgehead atoms. The zero-order valence-electron chi connectivity index (χ0n) is 16.8. The van der Waals surface area contributed by atoms with Crippen molar-refractivity contribution >= 4 is 46.5 Å². The summed E-state index contributed by atoms with van der Waals surface area (Å²) in [6.45, 7) is 0.901. The Hall–Kier alpha value is -2.65. The normalized spacial score (nSPS) is 21.4. The van der Waals surface area contributed by atoms with Crippen molar-refractivity contribution < 1.29 is 23.5 Å². The summed E-state index contributed by atoms with van der Waals surface area (Å²) in [6, 6.07) is 7.75. The highest BCUT2D eigenvalue weighted by molar-refractivity contribution is 7.18. The molecule has 10 heteroatoms. The number of hydrogen-bond acceptors (Lipinski definition) is 5. The minimum atomic E-state index is -0.682. The number of rotatable bonds is 5. The lowest BCUT2D eigenvalue weighted by atomic mass is 9.90. The van der Waals surface area contributed by atoms with Crippen molar-refractivity contribution in [1.82, 2.24) is 10.2 Å². The highest BCUT2D eigenvalue weighted by atomic mass is 35.5. The van der Waals surface area contributed by atoms with E-state index >= 15 is 0 Å². The van der Waals surface area contributed by atoms with Gasteiger partial charge in [-0.15, -0.1) is 11.3 Å². The maximum Gasteiger partial charge on any atom is 0.414 e. The maximum absolute atomic E-state index is 14.9. The maximum atomic E-state index is 14.9. The summed E-state index contributed by atoms with van der Waals surface area (Å²) in [4.78, 5) is 40.1. The Labute approximate surface area is 187 Å². The van der Waals surface area contributed by atoms with Crippen LogP contribution < -0.4 is 10.2 Å². The van der Waals surface area contributed by atoms with Gasteiger partial charge in [0.05, 0.1) is 33.9 Å². The van der Waals surface area contributed by atoms with Gasteiger partial charge in [0.2, 0.25) is 5.91 Å². The van der Waals surface area contributed by atoms with Crippen LogP contribution in [-0.2, 0) is 9.53 Å². The molecule has 2 aromatic rings. The van der Waals surface area contributed by atoms with Gasteiger partial charge in [0.15, 0.2) is 0 Å². The summed E-state index contributed by atoms with van der Waals surface area (Å²) in [5.74, 6) is -1.30. The van der Waals surface area contributed by atoms with Crippen molar-refractivity contribution in [1.29, 1.82) is 0 Å². The number of benzene rings is 1. The minimum Gasteiger partial charge on any atom is -0.442 e. The van der Waals surface area contributed by atoms with E-state index in [9.17, 15) is 18.8 Å². The van der Waals surface area contributed by atoms with E-state index in [-0.39, 0.29) is 36.5 Å². The molecule has 1 unspecified atom stereocenters. The molecular formula is C21H21ClFN3O4S. The molecule has 2 fully saturated rings. The third kappa shape index (κ3) is 4.52. The zero-order valence-corrected chi connectivity index (χ0v) is 18.3. The predicted octanol–water partition coefficient (Wildman–Crippen LogP) is 3.63. The number of thiophene rings is 1. The topological polar surface area (TPSA) is 79.0 Å². The second-order valence-electron chi connectivity index (χ2n) is 7.60. The number of likely N-dealkylation sites (tertiary alicyclic amines) is 1. The van der Waals surface area contributed by atoms with Gasteiger partial charge in [-0.05, 0) is 42.7 Å². The van der Waals surface area contributed by atoms with E-state index in [0.29, 0.717) is 27.7 Å². The van der Waals surface area contributed by atoms with Gasteiger partial charge in [-0.1, -0.05) is 17.7 Å². The lowest BCUT2D eigenvalue weighted by Gasteiger charge is -2.29. The van der Waals surface area contributed by atoms with Crippen LogP contribution in [0.5, 0.6) is 0 Å². The third-order valence-corrected chi connectivity index (χ3v) is 6.72. The van der Waals surface area contributed by atoms with Crippen molar-refractivity contribution in [2.24, 2.45) is 0 Å². The monoisotopic (exact) mass is 465 g/mol. The van der Waals surface area contributed by atoms with Crippen LogP contribution in [0.3, 0.4) is 0 Å². The van der Waals surface area contributed by atoms with Crippen molar-refractivity contribution in [3.8, 4) is 0 Å². The summed E-state index contributed by atoms with van der Waals surface area (Å²) in [6.07, 6.45) is 0.239. The molecule has 2 atom stereocenters. The second kappa shape index (κ2) is 8.84. The van der Waals surface area contributed by atoms with Crippen molar-refractivity contribution in [3.63, 3.8) is 0 Å². The summed E-state index contributed by atoms with van der Waals surface area (Å²) in [5, 5.41) is 2.70. The van der Waals surface area contributed by atoms with Gasteiger partial charge in [0.25, 0.3) is 5.91 Å². The molecular weight excluding hydrogens is 445 g/mol. The molecule has 2 aliphatic rings. The fraction of sp³-hybridized carbons (Fsp3) is 0.381. The molecule has 3 heterocycles. The van der Waals surface area contributed by atoms with Crippen molar-refractivity contribution in [2.75, 3.05) is 31.6 Å². The molecule has 2 aliphatic heterocycles. The average molecular weight is 466 g/mol. The van der Waals surface area contributed by atoms with Crippen molar-refractivity contribution in [3.05, 3.63) is 50.9 Å². The standard InChI is InChI=1S/C21H21ClFN3O4S/c1-25-8-2-3-14(20(25)28)12-4-5-16(15(23)9-12)26-11-13(30-21(26)29)10-24-19(27)17-6-7-18(22)31-17/h4-7,9,13-14H,2-3,8,10-11H2,1H3,(H,24,27)/t13-,14?/m0/s1. The molecule has 31 heavy (non-hydrogen) atoms. The molecule has 4 rings (SSSR count). The van der Waals surface area contributed by atoms with Crippen LogP contribution in [0.2, 0.25) is 4.34 Å². The third-order valence-electron chi connectivity index (χ3n) is 5.49. The van der Waals surface area contributed by atoms with Crippen LogP contribution >= 0.6 is 22.9 Å². The Balaban J connectivity index is 1.41. The number of amides is 3. The number of nitrogens with one attached hydrogen (secondary N) is 1. The molecule has 1 aromatic heterocycles. The quantitative estimate of drug-likeness (QED) is 0.731. The second-order valence-corrected chi connectivity index (χ2v) is 9.31. The number of anilines is 1. The number of piperidine rings is 1. The Morgan fingerprint density at radius 1 is 1.32 bits per heavy atom. The van der Waals surface area contributed by atoms with Gasteiger partial charge in [0, 0.05) is 13.6 Å². The molecule has 0 saturated carbocycles. The van der Waals surface area contributed by atoms with E-state index in [1.807, 2.05) is 0 Å². The summed E-state index contributed by atoms with van der Waals surface area (Å²) in [5.41, 5.74) is 0.688. The first-order valence-corrected chi connectivity index (χ1v) is 11.1. The van der Waals surface area contributed by atoms with Gasteiger partial charge >= 0.3 is 6.09 Å². The average Bonchev–Trinajstić information content (AvgIpc) is 3.34. The number of carbonyl (C=O) groups excluding carboxylic acids is 3. The lowest BCUT2D eigenvalue weighted by Crippen LogP contribution is -2.37. The number of ether oxygens (including phenoxy) is 1. The Morgan fingerprint density at radius 2 is 2.13 bits per heavy atom. The highest BCUT2D eigenvalue weighted by Gasteiger charge is 2.35. The molecule has 0 aliphatic carbocycles. The number of cyclic esters (lactones) is 1. The number of nitrogens with zero attached hydrogens (tertiary/aromatic N) is 2. The number of halogens is 2. The number of carbonyl (C=O) groups is 3. The molecule has 0 radical (unpaired) electrons. The Morgan fingerprint density at radius 3 is 2.84 bits per heavy atom. The van der Waals surface area contributed by atoms with Crippen LogP contribution in [0.25, 0.3) is 0 Å². The lowest BCUT2D eigenvalue weighted by molar-refractivity contribution is -0.133. The van der Waals surface area contributed by atoms with E-state index in [1.54, 1.807) is 30.1 Å². The molecule has 1 aromatic carbocycles. The highest BCUT2D eigenvalue weighted by Crippen LogP contribution is 2.32. The smallest absolute Gasteiger partial charge is 0.414 e. The van der Waals surface area contributed by atoms with Crippen LogP contribution in [0.1, 0.15) is 34.0 Å². The summed E-state index contributed by atoms with van der Waals surface area (Å²) in [7, 11) is 1.74. The SMILES string of the molecule is CN1CCCC(c2ccc(N3C[C@H](CNC(=O)c4ccc(Cl)s4)OC3=O)c(F)c2)C1=O. The summed E-state index contributed by atoms with van der Waals surface area (Å²) < 4.78 is 20.6. The molecule has 7 nitrogen and oxygen atoms in total. The van der Waals surface area contributed by atoms with Crippen LogP contribution in [0.4, 0.5) is 14.9 Å². The Kier molecular flexibility index (Phi) is 6.15. The van der Waals surface area contributed by atoms with Crippen LogP contribution in [0, 0.1) is 5.82 Å². The van der Waals surface area contributed by atoms with E-state index < -0.39 is 18.0 Å². The van der Waals surface area contributed by atoms with E-state index in [1.165, 1.54) is 17.0 Å². The van der Waals surface area contributed by atoms with Crippen LogP contribution in [0.15, 0.2) is 30.3 Å². The molecule has 164 valence electrons. The van der Waals surface area contributed by atoms with Gasteiger partial charge in [0.1, 0.15) is 11.9 Å². The van der Waals surface area contributed by atoms with E-state index in [0.717, 1.165) is 17.8 Å². The first kappa shape index (κ1) is 21.6. The summed E-state index contributed by atoms with van der Waals surface area (Å²) >= 11 is 6.98. The van der Waals surface area contributed by atoms with Gasteiger partial charge in [-0.25, -0.2) is 9.18 Å². The molecule has 3 amide bonds. The molecule has 1 N–H and O–H groups in total. The number of likely N-dealkylation sites (N-methyl/N-ethyl adjacent to an activating group) is 1. The van der Waals surface area contributed by atoms with E-state index in [2.05, 4.69) is 5.32 Å². The fourth-order valence-corrected chi connectivity index (χ4v) is 4.81. The Bertz CT molecular complexity index is 1030. The van der Waals surface area contributed by atoms with Crippen LogP contribution in [-0.4, -0.2) is 55.6 Å². The van der Waals surface area contributed by atoms with Gasteiger partial charge < -0.3 is 15.0 Å². The number of hydrogen-bond donors (Lipinski definition) is 1.